The van der Waals surface area contributed by atoms with Gasteiger partial charge in [0.05, 0.1) is 29.9 Å². The quantitative estimate of drug-likeness (QED) is 0.478. The molecular formula is C26H30N2O6. The Balaban J connectivity index is 1.43. The lowest BCUT2D eigenvalue weighted by molar-refractivity contribution is -0.384. The summed E-state index contributed by atoms with van der Waals surface area (Å²) < 4.78 is 5.30. The van der Waals surface area contributed by atoms with Crippen LogP contribution in [0.15, 0.2) is 41.6 Å². The summed E-state index contributed by atoms with van der Waals surface area (Å²) in [6, 6.07) is 9.90. The number of non-ortho nitro benzene ring substituents is 1. The first-order valence-electron chi connectivity index (χ1n) is 11.8. The number of nitro groups is 1. The standard InChI is InChI=1S/C26H30N2O6/c1-26-10-9-19-18-6-5-17(29)12-21(18)23(13-20(19)22(26)7-8-25(26)30)27-34-14-15-3-4-16(28(31)32)11-24(15)33-2/h3-6,11-12,19-20,22,25,29-30H,7-10,13-14H2,1-2H3/b27-23+/t19-,20-,22+,25+,26+/m1/s1. The number of nitro benzene ring substituents is 1. The second kappa shape index (κ2) is 8.58. The van der Waals surface area contributed by atoms with E-state index in [1.165, 1.54) is 24.8 Å². The molecule has 0 amide bonds. The third-order valence-corrected chi connectivity index (χ3v) is 8.44. The highest BCUT2D eigenvalue weighted by atomic mass is 16.6. The number of oxime groups is 1. The molecule has 0 unspecified atom stereocenters. The summed E-state index contributed by atoms with van der Waals surface area (Å²) in [5.41, 5.74) is 3.44. The van der Waals surface area contributed by atoms with E-state index in [0.29, 0.717) is 29.1 Å². The number of fused-ring (bicyclic) bond motifs is 5. The summed E-state index contributed by atoms with van der Waals surface area (Å²) in [5.74, 6) is 1.73. The molecule has 2 aromatic carbocycles. The van der Waals surface area contributed by atoms with Gasteiger partial charge < -0.3 is 19.8 Å². The molecule has 0 bridgehead atoms. The third-order valence-electron chi connectivity index (χ3n) is 8.44. The van der Waals surface area contributed by atoms with E-state index in [9.17, 15) is 20.3 Å². The third kappa shape index (κ3) is 3.70. The normalized spacial score (nSPS) is 30.9. The van der Waals surface area contributed by atoms with Crippen LogP contribution in [0.4, 0.5) is 5.69 Å². The van der Waals surface area contributed by atoms with Gasteiger partial charge in [0.25, 0.3) is 5.69 Å². The Morgan fingerprint density at radius 1 is 1.21 bits per heavy atom. The first-order valence-corrected chi connectivity index (χ1v) is 11.8. The van der Waals surface area contributed by atoms with Crippen molar-refractivity contribution < 1.29 is 24.7 Å². The van der Waals surface area contributed by atoms with Crippen LogP contribution in [0.5, 0.6) is 11.5 Å². The van der Waals surface area contributed by atoms with Crippen LogP contribution in [-0.2, 0) is 11.4 Å². The lowest BCUT2D eigenvalue weighted by atomic mass is 9.55. The van der Waals surface area contributed by atoms with Crippen molar-refractivity contribution in [3.63, 3.8) is 0 Å². The topological polar surface area (TPSA) is 114 Å². The second-order valence-corrected chi connectivity index (χ2v) is 10.1. The highest BCUT2D eigenvalue weighted by molar-refractivity contribution is 6.03. The molecule has 2 N–H and O–H groups in total. The number of phenols is 1. The van der Waals surface area contributed by atoms with Crippen molar-refractivity contribution >= 4 is 11.4 Å². The first-order chi connectivity index (χ1) is 16.3. The van der Waals surface area contributed by atoms with Gasteiger partial charge in [-0.2, -0.15) is 0 Å². The maximum atomic E-state index is 11.0. The largest absolute Gasteiger partial charge is 0.508 e. The van der Waals surface area contributed by atoms with E-state index in [1.54, 1.807) is 18.2 Å². The molecule has 2 aromatic rings. The lowest BCUT2D eigenvalue weighted by Crippen LogP contribution is -2.45. The number of benzene rings is 2. The van der Waals surface area contributed by atoms with Gasteiger partial charge in [-0.1, -0.05) is 18.1 Å². The second-order valence-electron chi connectivity index (χ2n) is 10.1. The summed E-state index contributed by atoms with van der Waals surface area (Å²) in [4.78, 5) is 16.3. The maximum Gasteiger partial charge on any atom is 0.273 e. The van der Waals surface area contributed by atoms with Crippen molar-refractivity contribution in [3.05, 3.63) is 63.2 Å². The highest BCUT2D eigenvalue weighted by Gasteiger charge is 2.55. The minimum Gasteiger partial charge on any atom is -0.508 e. The van der Waals surface area contributed by atoms with Gasteiger partial charge in [-0.3, -0.25) is 10.1 Å². The van der Waals surface area contributed by atoms with Gasteiger partial charge in [-0.05, 0) is 79.0 Å². The van der Waals surface area contributed by atoms with E-state index in [4.69, 9.17) is 9.57 Å². The molecule has 8 nitrogen and oxygen atoms in total. The molecule has 0 heterocycles. The summed E-state index contributed by atoms with van der Waals surface area (Å²) >= 11 is 0. The molecule has 3 aliphatic rings. The number of rotatable bonds is 5. The molecule has 5 rings (SSSR count). The maximum absolute atomic E-state index is 11.0. The number of aromatic hydroxyl groups is 1. The molecule has 34 heavy (non-hydrogen) atoms. The molecule has 2 fully saturated rings. The molecule has 3 aliphatic carbocycles. The zero-order valence-electron chi connectivity index (χ0n) is 19.4. The summed E-state index contributed by atoms with van der Waals surface area (Å²) in [7, 11) is 1.46. The van der Waals surface area contributed by atoms with E-state index >= 15 is 0 Å². The number of aliphatic hydroxyl groups is 1. The van der Waals surface area contributed by atoms with Crippen LogP contribution in [0.1, 0.15) is 61.6 Å². The SMILES string of the molecule is COc1cc([N+](=O)[O-])ccc1CO/N=C1\C[C@@H]2[C@H](CC[C@]3(C)[C@@H](O)CC[C@@H]23)c2ccc(O)cc21. The van der Waals surface area contributed by atoms with Gasteiger partial charge in [-0.25, -0.2) is 0 Å². The Kier molecular flexibility index (Phi) is 5.72. The summed E-state index contributed by atoms with van der Waals surface area (Å²) in [6.07, 6.45) is 4.34. The Morgan fingerprint density at radius 2 is 2.03 bits per heavy atom. The molecule has 5 atom stereocenters. The molecule has 180 valence electrons. The van der Waals surface area contributed by atoms with Gasteiger partial charge in [0.2, 0.25) is 0 Å². The molecule has 8 heteroatoms. The number of hydrogen-bond donors (Lipinski definition) is 2. The average molecular weight is 467 g/mol. The predicted molar refractivity (Wildman–Crippen MR) is 126 cm³/mol. The van der Waals surface area contributed by atoms with Crippen molar-refractivity contribution in [2.45, 2.75) is 57.7 Å². The van der Waals surface area contributed by atoms with Gasteiger partial charge in [0.1, 0.15) is 18.1 Å². The first kappa shape index (κ1) is 22.7. The number of hydrogen-bond acceptors (Lipinski definition) is 7. The van der Waals surface area contributed by atoms with E-state index in [1.807, 2.05) is 6.07 Å². The number of nitrogens with zero attached hydrogens (tertiary/aromatic N) is 2. The van der Waals surface area contributed by atoms with Gasteiger partial charge in [-0.15, -0.1) is 0 Å². The highest BCUT2D eigenvalue weighted by Crippen LogP contribution is 2.61. The average Bonchev–Trinajstić information content (AvgIpc) is 3.13. The van der Waals surface area contributed by atoms with Crippen LogP contribution in [0.2, 0.25) is 0 Å². The van der Waals surface area contributed by atoms with Crippen LogP contribution in [-0.4, -0.2) is 34.1 Å². The van der Waals surface area contributed by atoms with Crippen molar-refractivity contribution in [1.82, 2.24) is 0 Å². The monoisotopic (exact) mass is 466 g/mol. The van der Waals surface area contributed by atoms with Crippen LogP contribution < -0.4 is 4.74 Å². The Morgan fingerprint density at radius 3 is 2.79 bits per heavy atom. The minimum absolute atomic E-state index is 0.0475. The van der Waals surface area contributed by atoms with E-state index in [-0.39, 0.29) is 29.6 Å². The smallest absolute Gasteiger partial charge is 0.273 e. The molecule has 0 aliphatic heterocycles. The zero-order chi connectivity index (χ0) is 24.0. The lowest BCUT2D eigenvalue weighted by Gasteiger charge is -2.50. The Labute approximate surface area is 198 Å². The fraction of sp³-hybridized carbons (Fsp3) is 0.500. The van der Waals surface area contributed by atoms with Crippen LogP contribution in [0, 0.1) is 27.4 Å². The molecule has 0 spiro atoms. The van der Waals surface area contributed by atoms with Crippen molar-refractivity contribution in [2.75, 3.05) is 7.11 Å². The number of methoxy groups -OCH3 is 1. The van der Waals surface area contributed by atoms with E-state index < -0.39 is 4.92 Å². The van der Waals surface area contributed by atoms with Gasteiger partial charge >= 0.3 is 0 Å². The predicted octanol–water partition coefficient (Wildman–Crippen LogP) is 4.90. The van der Waals surface area contributed by atoms with Crippen molar-refractivity contribution in [1.29, 1.82) is 0 Å². The molecular weight excluding hydrogens is 436 g/mol. The Bertz CT molecular complexity index is 1150. The van der Waals surface area contributed by atoms with Gasteiger partial charge in [0, 0.05) is 17.2 Å². The number of phenolic OH excluding ortho intramolecular Hbond substituents is 1. The van der Waals surface area contributed by atoms with Crippen LogP contribution in [0.3, 0.4) is 0 Å². The molecule has 0 radical (unpaired) electrons. The Hall–Kier alpha value is -3.13. The fourth-order valence-electron chi connectivity index (χ4n) is 6.61. The van der Waals surface area contributed by atoms with E-state index in [0.717, 1.165) is 43.4 Å². The summed E-state index contributed by atoms with van der Waals surface area (Å²) in [5, 5.41) is 36.4. The zero-order valence-corrected chi connectivity index (χ0v) is 19.4. The summed E-state index contributed by atoms with van der Waals surface area (Å²) in [6.45, 7) is 2.33. The number of aliphatic hydroxyl groups excluding tert-OH is 1. The van der Waals surface area contributed by atoms with Crippen LogP contribution >= 0.6 is 0 Å². The molecule has 0 saturated heterocycles. The van der Waals surface area contributed by atoms with Gasteiger partial charge in [0.15, 0.2) is 0 Å². The molecule has 2 saturated carbocycles. The number of ether oxygens (including phenoxy) is 1. The van der Waals surface area contributed by atoms with Crippen molar-refractivity contribution in [3.8, 4) is 11.5 Å². The van der Waals surface area contributed by atoms with Crippen LogP contribution in [0.25, 0.3) is 0 Å². The molecule has 0 aromatic heterocycles. The minimum atomic E-state index is -0.465. The van der Waals surface area contributed by atoms with Crippen molar-refractivity contribution in [2.24, 2.45) is 22.4 Å². The van der Waals surface area contributed by atoms with E-state index in [2.05, 4.69) is 12.1 Å². The fourth-order valence-corrected chi connectivity index (χ4v) is 6.61.